The fraction of sp³-hybridized carbons (Fsp3) is 0.559. The Kier molecular flexibility index (Phi) is 13.7. The molecule has 1 aliphatic rings. The number of para-hydroxylation sites is 1. The number of aromatic nitrogens is 1. The number of H-pyrrole nitrogens is 1. The lowest BCUT2D eigenvalue weighted by atomic mass is 9.95. The van der Waals surface area contributed by atoms with Crippen molar-refractivity contribution in [3.8, 4) is 0 Å². The molecule has 1 fully saturated rings. The van der Waals surface area contributed by atoms with Crippen LogP contribution in [-0.2, 0) is 40.0 Å². The Morgan fingerprint density at radius 2 is 1.39 bits per heavy atom. The van der Waals surface area contributed by atoms with Crippen LogP contribution in [0.5, 0.6) is 0 Å². The molecule has 2 heterocycles. The standard InChI is InChI=1S/C34H50N8O7/c1-7-19(6)29-34(49)40-25(14-26(35)43)30(45)37-16-27(44)38-24(13-20-15-36-22-11-9-8-10-21(20)22)31(46)39-23(12-17(2)3)32(47)41-28(18(4)5)33(48)42-29/h8-11,15,17-19,23-25,28-29,36H,7,12-14,16H2,1-6H3,(H2,35,43)(H,37,45)(H,38,44)(H,39,46)(H,40,49)(H,41,47)(H,42,48). The Balaban J connectivity index is 2.04. The number of aromatic amines is 1. The van der Waals surface area contributed by atoms with Gasteiger partial charge in [-0.05, 0) is 35.8 Å². The van der Waals surface area contributed by atoms with E-state index >= 15 is 0 Å². The Morgan fingerprint density at radius 3 is 2.02 bits per heavy atom. The predicted molar refractivity (Wildman–Crippen MR) is 182 cm³/mol. The highest BCUT2D eigenvalue weighted by Crippen LogP contribution is 2.20. The number of amides is 7. The van der Waals surface area contributed by atoms with Crippen molar-refractivity contribution in [3.05, 3.63) is 36.0 Å². The first-order chi connectivity index (χ1) is 23.1. The summed E-state index contributed by atoms with van der Waals surface area (Å²) in [5, 5.41) is 16.6. The lowest BCUT2D eigenvalue weighted by Crippen LogP contribution is -2.62. The second-order valence-corrected chi connectivity index (χ2v) is 13.4. The van der Waals surface area contributed by atoms with Gasteiger partial charge in [0.05, 0.1) is 13.0 Å². The topological polar surface area (TPSA) is 233 Å². The van der Waals surface area contributed by atoms with E-state index in [-0.39, 0.29) is 18.8 Å². The van der Waals surface area contributed by atoms with Crippen molar-refractivity contribution in [3.63, 3.8) is 0 Å². The van der Waals surface area contributed by atoms with Gasteiger partial charge in [0, 0.05) is 23.5 Å². The monoisotopic (exact) mass is 682 g/mol. The van der Waals surface area contributed by atoms with Crippen molar-refractivity contribution in [2.75, 3.05) is 6.54 Å². The molecule has 1 saturated heterocycles. The lowest BCUT2D eigenvalue weighted by molar-refractivity contribution is -0.137. The molecule has 0 spiro atoms. The summed E-state index contributed by atoms with van der Waals surface area (Å²) in [6.45, 7) is 10.2. The molecule has 9 N–H and O–H groups in total. The number of carbonyl (C=O) groups is 7. The van der Waals surface area contributed by atoms with Gasteiger partial charge in [-0.15, -0.1) is 0 Å². The van der Waals surface area contributed by atoms with Gasteiger partial charge in [0.25, 0.3) is 0 Å². The predicted octanol–water partition coefficient (Wildman–Crippen LogP) is -0.112. The summed E-state index contributed by atoms with van der Waals surface area (Å²) in [6, 6.07) is 1.51. The Labute approximate surface area is 286 Å². The van der Waals surface area contributed by atoms with Gasteiger partial charge in [-0.2, -0.15) is 0 Å². The number of hydrogen-bond donors (Lipinski definition) is 8. The fourth-order valence-corrected chi connectivity index (χ4v) is 5.65. The highest BCUT2D eigenvalue weighted by Gasteiger charge is 2.36. The minimum Gasteiger partial charge on any atom is -0.370 e. The molecule has 7 amide bonds. The summed E-state index contributed by atoms with van der Waals surface area (Å²) in [6.07, 6.45) is 1.89. The summed E-state index contributed by atoms with van der Waals surface area (Å²) in [5.41, 5.74) is 6.92. The highest BCUT2D eigenvalue weighted by molar-refractivity contribution is 5.99. The zero-order valence-electron chi connectivity index (χ0n) is 29.0. The number of rotatable bonds is 9. The van der Waals surface area contributed by atoms with Gasteiger partial charge in [0.15, 0.2) is 0 Å². The van der Waals surface area contributed by atoms with Crippen molar-refractivity contribution in [1.29, 1.82) is 0 Å². The maximum absolute atomic E-state index is 13.9. The molecular formula is C34H50N8O7. The molecule has 6 atom stereocenters. The van der Waals surface area contributed by atoms with Crippen LogP contribution in [0.4, 0.5) is 0 Å². The van der Waals surface area contributed by atoms with E-state index in [1.165, 1.54) is 0 Å². The second-order valence-electron chi connectivity index (χ2n) is 13.4. The number of carbonyl (C=O) groups excluding carboxylic acids is 7. The number of nitrogens with two attached hydrogens (primary N) is 1. The lowest BCUT2D eigenvalue weighted by Gasteiger charge is -2.31. The van der Waals surface area contributed by atoms with E-state index in [4.69, 9.17) is 5.73 Å². The van der Waals surface area contributed by atoms with Crippen molar-refractivity contribution < 1.29 is 33.6 Å². The van der Waals surface area contributed by atoms with Crippen LogP contribution in [0.1, 0.15) is 66.4 Å². The number of benzene rings is 1. The van der Waals surface area contributed by atoms with Crippen LogP contribution in [0, 0.1) is 17.8 Å². The number of hydrogen-bond acceptors (Lipinski definition) is 7. The summed E-state index contributed by atoms with van der Waals surface area (Å²) >= 11 is 0. The second kappa shape index (κ2) is 17.4. The normalized spacial score (nSPS) is 24.2. The quantitative estimate of drug-likeness (QED) is 0.179. The molecule has 15 heteroatoms. The number of primary amides is 1. The van der Waals surface area contributed by atoms with E-state index in [9.17, 15) is 33.6 Å². The zero-order chi connectivity index (χ0) is 36.4. The molecule has 1 aromatic carbocycles. The smallest absolute Gasteiger partial charge is 0.243 e. The minimum absolute atomic E-state index is 0.0380. The van der Waals surface area contributed by atoms with Gasteiger partial charge in [-0.25, -0.2) is 0 Å². The number of fused-ring (bicyclic) bond motifs is 1. The van der Waals surface area contributed by atoms with Crippen molar-refractivity contribution in [1.82, 2.24) is 36.9 Å². The molecule has 6 unspecified atom stereocenters. The third kappa shape index (κ3) is 10.8. The largest absolute Gasteiger partial charge is 0.370 e. The maximum atomic E-state index is 13.9. The van der Waals surface area contributed by atoms with Gasteiger partial charge in [-0.3, -0.25) is 33.6 Å². The van der Waals surface area contributed by atoms with E-state index in [0.29, 0.717) is 6.42 Å². The zero-order valence-corrected chi connectivity index (χ0v) is 29.0. The molecule has 0 radical (unpaired) electrons. The SMILES string of the molecule is CCC(C)C1NC(=O)C(C(C)C)NC(=O)C(CC(C)C)NC(=O)C(Cc2c[nH]c3ccccc23)NC(=O)CNC(=O)C(CC(N)=O)NC1=O. The van der Waals surface area contributed by atoms with E-state index in [0.717, 1.165) is 16.5 Å². The van der Waals surface area contributed by atoms with Gasteiger partial charge in [0.2, 0.25) is 41.4 Å². The molecule has 1 aliphatic heterocycles. The van der Waals surface area contributed by atoms with E-state index in [2.05, 4.69) is 36.9 Å². The highest BCUT2D eigenvalue weighted by atomic mass is 16.2. The first-order valence-corrected chi connectivity index (χ1v) is 16.7. The van der Waals surface area contributed by atoms with Crippen LogP contribution in [0.3, 0.4) is 0 Å². The average molecular weight is 683 g/mol. The molecule has 0 aliphatic carbocycles. The Morgan fingerprint density at radius 1 is 0.776 bits per heavy atom. The molecule has 2 aromatic rings. The van der Waals surface area contributed by atoms with Crippen LogP contribution in [0.2, 0.25) is 0 Å². The van der Waals surface area contributed by atoms with Crippen LogP contribution < -0.4 is 37.6 Å². The van der Waals surface area contributed by atoms with E-state index in [1.54, 1.807) is 27.0 Å². The maximum Gasteiger partial charge on any atom is 0.243 e. The van der Waals surface area contributed by atoms with Crippen LogP contribution >= 0.6 is 0 Å². The summed E-state index contributed by atoms with van der Waals surface area (Å²) in [5.74, 6) is -5.98. The van der Waals surface area contributed by atoms with E-state index in [1.807, 2.05) is 45.0 Å². The third-order valence-electron chi connectivity index (χ3n) is 8.59. The molecule has 0 bridgehead atoms. The summed E-state index contributed by atoms with van der Waals surface area (Å²) in [7, 11) is 0. The van der Waals surface area contributed by atoms with Gasteiger partial charge in [0.1, 0.15) is 30.2 Å². The van der Waals surface area contributed by atoms with Crippen LogP contribution in [-0.4, -0.2) is 83.1 Å². The van der Waals surface area contributed by atoms with Gasteiger partial charge in [-0.1, -0.05) is 66.2 Å². The fourth-order valence-electron chi connectivity index (χ4n) is 5.65. The molecule has 49 heavy (non-hydrogen) atoms. The van der Waals surface area contributed by atoms with Crippen LogP contribution in [0.15, 0.2) is 30.5 Å². The average Bonchev–Trinajstić information content (AvgIpc) is 3.44. The van der Waals surface area contributed by atoms with Gasteiger partial charge < -0.3 is 42.6 Å². The molecule has 1 aromatic heterocycles. The molecule has 0 saturated carbocycles. The van der Waals surface area contributed by atoms with Crippen LogP contribution in [0.25, 0.3) is 10.9 Å². The van der Waals surface area contributed by atoms with Crippen molar-refractivity contribution in [2.24, 2.45) is 23.5 Å². The summed E-state index contributed by atoms with van der Waals surface area (Å²) in [4.78, 5) is 96.2. The first-order valence-electron chi connectivity index (χ1n) is 16.7. The number of nitrogens with one attached hydrogen (secondary N) is 7. The van der Waals surface area contributed by atoms with Crippen molar-refractivity contribution >= 4 is 52.3 Å². The first kappa shape index (κ1) is 38.5. The molecule has 3 rings (SSSR count). The molecular weight excluding hydrogens is 632 g/mol. The van der Waals surface area contributed by atoms with Gasteiger partial charge >= 0.3 is 0 Å². The Bertz CT molecular complexity index is 1540. The molecule has 15 nitrogen and oxygen atoms in total. The Hall–Kier alpha value is -4.95. The summed E-state index contributed by atoms with van der Waals surface area (Å²) < 4.78 is 0. The van der Waals surface area contributed by atoms with Crippen molar-refractivity contribution in [2.45, 2.75) is 97.4 Å². The molecule has 268 valence electrons. The van der Waals surface area contributed by atoms with E-state index < -0.39 is 96.4 Å². The third-order valence-corrected chi connectivity index (χ3v) is 8.59. The minimum atomic E-state index is -1.46.